The summed E-state index contributed by atoms with van der Waals surface area (Å²) in [5, 5.41) is 22.3. The van der Waals surface area contributed by atoms with Gasteiger partial charge in [0.05, 0.1) is 10.8 Å². The van der Waals surface area contributed by atoms with E-state index >= 15 is 0 Å². The Kier molecular flexibility index (Phi) is 2.91. The van der Waals surface area contributed by atoms with Gasteiger partial charge in [-0.15, -0.1) is 0 Å². The third-order valence-corrected chi connectivity index (χ3v) is 5.29. The first-order valence-electron chi connectivity index (χ1n) is 6.24. The Morgan fingerprint density at radius 3 is 2.83 bits per heavy atom. The van der Waals surface area contributed by atoms with Crippen LogP contribution in [-0.2, 0) is 4.79 Å². The van der Waals surface area contributed by atoms with Crippen molar-refractivity contribution in [1.82, 2.24) is 0 Å². The molecule has 1 N–H and O–H groups in total. The van der Waals surface area contributed by atoms with Crippen molar-refractivity contribution < 1.29 is 14.9 Å². The molecule has 0 aromatic heterocycles. The van der Waals surface area contributed by atoms with Crippen LogP contribution in [-0.4, -0.2) is 21.8 Å². The monoisotopic (exact) mass is 254 g/mol. The Morgan fingerprint density at radius 2 is 2.28 bits per heavy atom. The van der Waals surface area contributed by atoms with Gasteiger partial charge in [0.2, 0.25) is 0 Å². The standard InChI is InChI=1S/C12H18N2O4/c1-11(6-4-10(15)16)8-3-5-12(11,2)9(7-8)13-14(17)18/h8H,3-7H2,1-2H3,(H,15,16)/b13-9+. The lowest BCUT2D eigenvalue weighted by Crippen LogP contribution is -2.35. The van der Waals surface area contributed by atoms with Crippen molar-refractivity contribution >= 4 is 11.7 Å². The van der Waals surface area contributed by atoms with Gasteiger partial charge in [0.25, 0.3) is 0 Å². The van der Waals surface area contributed by atoms with E-state index in [4.69, 9.17) is 5.11 Å². The second kappa shape index (κ2) is 4.03. The van der Waals surface area contributed by atoms with Gasteiger partial charge in [-0.05, 0) is 37.0 Å². The summed E-state index contributed by atoms with van der Waals surface area (Å²) in [6.45, 7) is 4.07. The summed E-state index contributed by atoms with van der Waals surface area (Å²) in [6.07, 6.45) is 3.23. The molecule has 2 aliphatic carbocycles. The lowest BCUT2D eigenvalue weighted by molar-refractivity contribution is -0.485. The average Bonchev–Trinajstić information content (AvgIpc) is 2.61. The van der Waals surface area contributed by atoms with Gasteiger partial charge in [-0.2, -0.15) is 0 Å². The molecule has 6 heteroatoms. The highest BCUT2D eigenvalue weighted by Crippen LogP contribution is 2.66. The Balaban J connectivity index is 2.28. The Hall–Kier alpha value is -1.46. The SMILES string of the molecule is CC12CCC(C/C1=N\[N+](=O)[O-])C2(C)CCC(=O)O. The van der Waals surface area contributed by atoms with Crippen LogP contribution in [0.15, 0.2) is 5.10 Å². The molecule has 0 saturated heterocycles. The molecule has 2 saturated carbocycles. The molecule has 2 rings (SSSR count). The highest BCUT2D eigenvalue weighted by atomic mass is 16.7. The van der Waals surface area contributed by atoms with Crippen molar-refractivity contribution in [3.63, 3.8) is 0 Å². The van der Waals surface area contributed by atoms with E-state index in [2.05, 4.69) is 12.0 Å². The molecular weight excluding hydrogens is 236 g/mol. The Labute approximate surface area is 105 Å². The lowest BCUT2D eigenvalue weighted by atomic mass is 9.66. The lowest BCUT2D eigenvalue weighted by Gasteiger charge is -2.37. The van der Waals surface area contributed by atoms with Gasteiger partial charge in [-0.1, -0.05) is 13.8 Å². The predicted octanol–water partition coefficient (Wildman–Crippen LogP) is 2.31. The summed E-state index contributed by atoms with van der Waals surface area (Å²) in [5.41, 5.74) is 0.178. The van der Waals surface area contributed by atoms with Crippen LogP contribution < -0.4 is 0 Å². The summed E-state index contributed by atoms with van der Waals surface area (Å²) in [7, 11) is 0. The van der Waals surface area contributed by atoms with E-state index < -0.39 is 11.0 Å². The Bertz CT molecular complexity index is 434. The quantitative estimate of drug-likeness (QED) is 0.615. The molecule has 18 heavy (non-hydrogen) atoms. The summed E-state index contributed by atoms with van der Waals surface area (Å²) < 4.78 is 0. The molecule has 3 unspecified atom stereocenters. The number of rotatable bonds is 4. The zero-order chi connectivity index (χ0) is 13.6. The average molecular weight is 254 g/mol. The minimum absolute atomic E-state index is 0.119. The number of carbonyl (C=O) groups is 1. The fourth-order valence-corrected chi connectivity index (χ4v) is 3.87. The van der Waals surface area contributed by atoms with Gasteiger partial charge in [-0.3, -0.25) is 4.79 Å². The first-order chi connectivity index (χ1) is 8.29. The second-order valence-corrected chi connectivity index (χ2v) is 5.87. The van der Waals surface area contributed by atoms with Gasteiger partial charge in [0, 0.05) is 11.8 Å². The Morgan fingerprint density at radius 1 is 1.61 bits per heavy atom. The summed E-state index contributed by atoms with van der Waals surface area (Å²) >= 11 is 0. The number of nitro groups is 1. The minimum Gasteiger partial charge on any atom is -0.481 e. The van der Waals surface area contributed by atoms with Gasteiger partial charge in [0.1, 0.15) is 0 Å². The molecule has 100 valence electrons. The van der Waals surface area contributed by atoms with Crippen LogP contribution in [0.2, 0.25) is 0 Å². The summed E-state index contributed by atoms with van der Waals surface area (Å²) in [5.74, 6) is -0.473. The van der Waals surface area contributed by atoms with Crippen LogP contribution in [0.5, 0.6) is 0 Å². The largest absolute Gasteiger partial charge is 0.481 e. The highest BCUT2D eigenvalue weighted by Gasteiger charge is 2.63. The molecular formula is C12H18N2O4. The third-order valence-electron chi connectivity index (χ3n) is 5.29. The molecule has 0 amide bonds. The van der Waals surface area contributed by atoms with E-state index in [0.717, 1.165) is 12.8 Å². The molecule has 0 aliphatic heterocycles. The number of carboxylic acid groups (broad SMARTS) is 1. The molecule has 2 bridgehead atoms. The third kappa shape index (κ3) is 1.71. The van der Waals surface area contributed by atoms with Gasteiger partial charge in [-0.25, -0.2) is 10.1 Å². The first kappa shape index (κ1) is 13.0. The summed E-state index contributed by atoms with van der Waals surface area (Å²) in [4.78, 5) is 21.3. The molecule has 2 aliphatic rings. The molecule has 0 aromatic carbocycles. The number of hydrazone groups is 1. The van der Waals surface area contributed by atoms with E-state index in [-0.39, 0.29) is 17.3 Å². The van der Waals surface area contributed by atoms with E-state index in [1.807, 2.05) is 6.92 Å². The van der Waals surface area contributed by atoms with Crippen molar-refractivity contribution in [1.29, 1.82) is 0 Å². The molecule has 0 spiro atoms. The molecule has 0 aromatic rings. The van der Waals surface area contributed by atoms with Gasteiger partial charge >= 0.3 is 5.97 Å². The van der Waals surface area contributed by atoms with Crippen molar-refractivity contribution in [3.05, 3.63) is 10.1 Å². The number of hydrogen-bond donors (Lipinski definition) is 1. The number of nitrogens with zero attached hydrogens (tertiary/aromatic N) is 2. The van der Waals surface area contributed by atoms with Crippen LogP contribution >= 0.6 is 0 Å². The first-order valence-corrected chi connectivity index (χ1v) is 6.24. The van der Waals surface area contributed by atoms with E-state index in [1.165, 1.54) is 0 Å². The predicted molar refractivity (Wildman–Crippen MR) is 64.9 cm³/mol. The number of hydrogen-bond acceptors (Lipinski definition) is 3. The van der Waals surface area contributed by atoms with Crippen molar-refractivity contribution in [2.75, 3.05) is 0 Å². The van der Waals surface area contributed by atoms with Crippen molar-refractivity contribution in [3.8, 4) is 0 Å². The number of aliphatic carboxylic acids is 1. The van der Waals surface area contributed by atoms with E-state index in [1.54, 1.807) is 0 Å². The zero-order valence-electron chi connectivity index (χ0n) is 10.7. The van der Waals surface area contributed by atoms with Gasteiger partial charge < -0.3 is 5.11 Å². The zero-order valence-corrected chi connectivity index (χ0v) is 10.7. The van der Waals surface area contributed by atoms with E-state index in [9.17, 15) is 14.9 Å². The molecule has 6 nitrogen and oxygen atoms in total. The second-order valence-electron chi connectivity index (χ2n) is 5.87. The molecule has 3 atom stereocenters. The van der Waals surface area contributed by atoms with Crippen molar-refractivity contribution in [2.24, 2.45) is 21.8 Å². The smallest absolute Gasteiger partial charge is 0.303 e. The van der Waals surface area contributed by atoms with Crippen LogP contribution in [0.3, 0.4) is 0 Å². The van der Waals surface area contributed by atoms with E-state index in [0.29, 0.717) is 24.5 Å². The fraction of sp³-hybridized carbons (Fsp3) is 0.833. The molecule has 2 fully saturated rings. The van der Waals surface area contributed by atoms with Crippen LogP contribution in [0.25, 0.3) is 0 Å². The maximum atomic E-state index is 10.8. The van der Waals surface area contributed by atoms with Crippen molar-refractivity contribution in [2.45, 2.75) is 46.0 Å². The maximum Gasteiger partial charge on any atom is 0.303 e. The number of carboxylic acids is 1. The molecule has 0 heterocycles. The molecule has 0 radical (unpaired) electrons. The maximum absolute atomic E-state index is 10.8. The highest BCUT2D eigenvalue weighted by molar-refractivity contribution is 5.94. The van der Waals surface area contributed by atoms with Gasteiger partial charge in [0.15, 0.2) is 5.03 Å². The summed E-state index contributed by atoms with van der Waals surface area (Å²) in [6, 6.07) is 0. The van der Waals surface area contributed by atoms with Crippen LogP contribution in [0.4, 0.5) is 0 Å². The normalized spacial score (nSPS) is 40.3. The number of fused-ring (bicyclic) bond motifs is 2. The van der Waals surface area contributed by atoms with Crippen LogP contribution in [0.1, 0.15) is 46.0 Å². The van der Waals surface area contributed by atoms with Crippen LogP contribution in [0, 0.1) is 26.9 Å². The fourth-order valence-electron chi connectivity index (χ4n) is 3.87. The minimum atomic E-state index is -0.807. The topological polar surface area (TPSA) is 92.8 Å².